The predicted octanol–water partition coefficient (Wildman–Crippen LogP) is 2.79. The molecule has 1 aromatic heterocycles. The summed E-state index contributed by atoms with van der Waals surface area (Å²) in [5.74, 6) is -0.255. The van der Waals surface area contributed by atoms with Crippen LogP contribution in [0.4, 0.5) is 5.69 Å². The summed E-state index contributed by atoms with van der Waals surface area (Å²) in [7, 11) is 0. The standard InChI is InChI=1S/C16H17N5O4S/c1-10(2)16(3,9-17)18-13(22)8-26-15-20-19-14(25-15)11-5-4-6-12(7-11)21(23)24/h4-7,10H,8H2,1-3H3,(H,18,22)/t16-/m0/s1. The van der Waals surface area contributed by atoms with E-state index in [4.69, 9.17) is 4.42 Å². The lowest BCUT2D eigenvalue weighted by Gasteiger charge is -2.27. The van der Waals surface area contributed by atoms with Crippen LogP contribution in [0.25, 0.3) is 11.5 Å². The van der Waals surface area contributed by atoms with Gasteiger partial charge in [0.1, 0.15) is 5.54 Å². The van der Waals surface area contributed by atoms with Crippen LogP contribution in [0.15, 0.2) is 33.9 Å². The molecule has 0 radical (unpaired) electrons. The Balaban J connectivity index is 2.01. The van der Waals surface area contributed by atoms with Crippen molar-refractivity contribution in [1.82, 2.24) is 15.5 Å². The van der Waals surface area contributed by atoms with E-state index in [-0.39, 0.29) is 34.4 Å². The highest BCUT2D eigenvalue weighted by Crippen LogP contribution is 2.26. The van der Waals surface area contributed by atoms with Crippen molar-refractivity contribution in [3.8, 4) is 17.5 Å². The summed E-state index contributed by atoms with van der Waals surface area (Å²) in [5, 5.41) is 30.5. The van der Waals surface area contributed by atoms with Crippen LogP contribution in [0.5, 0.6) is 0 Å². The topological polar surface area (TPSA) is 135 Å². The van der Waals surface area contributed by atoms with Crippen molar-refractivity contribution >= 4 is 23.4 Å². The fourth-order valence-corrected chi connectivity index (χ4v) is 2.45. The Morgan fingerprint density at radius 2 is 2.23 bits per heavy atom. The number of rotatable bonds is 7. The number of nitrogens with one attached hydrogen (secondary N) is 1. The minimum absolute atomic E-state index is 0.000556. The molecule has 2 rings (SSSR count). The smallest absolute Gasteiger partial charge is 0.277 e. The zero-order valence-corrected chi connectivity index (χ0v) is 15.2. The number of benzene rings is 1. The summed E-state index contributed by atoms with van der Waals surface area (Å²) in [6.07, 6.45) is 0. The van der Waals surface area contributed by atoms with Crippen molar-refractivity contribution in [2.24, 2.45) is 5.92 Å². The summed E-state index contributed by atoms with van der Waals surface area (Å²) in [6.45, 7) is 5.35. The van der Waals surface area contributed by atoms with Crippen LogP contribution in [-0.4, -0.2) is 32.3 Å². The molecule has 1 aromatic carbocycles. The van der Waals surface area contributed by atoms with Gasteiger partial charge in [-0.15, -0.1) is 10.2 Å². The lowest BCUT2D eigenvalue weighted by atomic mass is 9.90. The molecule has 0 bridgehead atoms. The first-order chi connectivity index (χ1) is 12.2. The van der Waals surface area contributed by atoms with Crippen LogP contribution in [0.2, 0.25) is 0 Å². The van der Waals surface area contributed by atoms with Crippen molar-refractivity contribution in [2.45, 2.75) is 31.5 Å². The van der Waals surface area contributed by atoms with Gasteiger partial charge in [0.05, 0.1) is 16.7 Å². The summed E-state index contributed by atoms with van der Waals surface area (Å²) in [4.78, 5) is 22.4. The maximum absolute atomic E-state index is 12.0. The molecule has 1 heterocycles. The van der Waals surface area contributed by atoms with Gasteiger partial charge >= 0.3 is 0 Å². The largest absolute Gasteiger partial charge is 0.411 e. The Kier molecular flexibility index (Phi) is 5.94. The van der Waals surface area contributed by atoms with E-state index in [9.17, 15) is 20.2 Å². The molecule has 1 atom stereocenters. The Hall–Kier alpha value is -2.93. The number of carbonyl (C=O) groups is 1. The van der Waals surface area contributed by atoms with Gasteiger partial charge in [-0.25, -0.2) is 0 Å². The monoisotopic (exact) mass is 375 g/mol. The van der Waals surface area contributed by atoms with Crippen molar-refractivity contribution < 1.29 is 14.1 Å². The summed E-state index contributed by atoms with van der Waals surface area (Å²) in [6, 6.07) is 7.92. The van der Waals surface area contributed by atoms with Gasteiger partial charge in [-0.05, 0) is 18.9 Å². The summed E-state index contributed by atoms with van der Waals surface area (Å²) >= 11 is 1.02. The van der Waals surface area contributed by atoms with Crippen molar-refractivity contribution in [3.05, 3.63) is 34.4 Å². The van der Waals surface area contributed by atoms with Crippen molar-refractivity contribution in [3.63, 3.8) is 0 Å². The van der Waals surface area contributed by atoms with Crippen molar-refractivity contribution in [2.75, 3.05) is 5.75 Å². The van der Waals surface area contributed by atoms with Crippen LogP contribution < -0.4 is 5.32 Å². The first-order valence-corrected chi connectivity index (χ1v) is 8.67. The number of aromatic nitrogens is 2. The van der Waals surface area contributed by atoms with E-state index < -0.39 is 10.5 Å². The molecular formula is C16H17N5O4S. The van der Waals surface area contributed by atoms with Crippen LogP contribution in [0.3, 0.4) is 0 Å². The molecule has 1 N–H and O–H groups in total. The number of thioether (sulfide) groups is 1. The molecule has 0 aliphatic carbocycles. The Morgan fingerprint density at radius 1 is 1.50 bits per heavy atom. The van der Waals surface area contributed by atoms with E-state index in [1.54, 1.807) is 13.0 Å². The third kappa shape index (κ3) is 4.58. The zero-order chi connectivity index (χ0) is 19.3. The molecule has 0 fully saturated rings. The average Bonchev–Trinajstić information content (AvgIpc) is 3.09. The highest BCUT2D eigenvalue weighted by atomic mass is 32.2. The second kappa shape index (κ2) is 7.97. The number of nitriles is 1. The van der Waals surface area contributed by atoms with E-state index in [0.717, 1.165) is 11.8 Å². The Bertz CT molecular complexity index is 860. The van der Waals surface area contributed by atoms with E-state index in [1.165, 1.54) is 18.2 Å². The average molecular weight is 375 g/mol. The second-order valence-electron chi connectivity index (χ2n) is 5.99. The number of nitrogens with zero attached hydrogens (tertiary/aromatic N) is 4. The van der Waals surface area contributed by atoms with Crippen molar-refractivity contribution in [1.29, 1.82) is 5.26 Å². The number of nitro benzene ring substituents is 1. The molecule has 9 nitrogen and oxygen atoms in total. The molecule has 0 spiro atoms. The Morgan fingerprint density at radius 3 is 2.85 bits per heavy atom. The van der Waals surface area contributed by atoms with Gasteiger partial charge < -0.3 is 9.73 Å². The fourth-order valence-electron chi connectivity index (χ4n) is 1.89. The van der Waals surface area contributed by atoms with Gasteiger partial charge in [0.2, 0.25) is 11.8 Å². The first kappa shape index (κ1) is 19.4. The molecule has 2 aromatic rings. The highest BCUT2D eigenvalue weighted by Gasteiger charge is 2.30. The van der Waals surface area contributed by atoms with Gasteiger partial charge in [0.25, 0.3) is 10.9 Å². The number of nitro groups is 1. The number of hydrogen-bond donors (Lipinski definition) is 1. The molecule has 0 aliphatic rings. The number of non-ortho nitro benzene ring substituents is 1. The van der Waals surface area contributed by atoms with Gasteiger partial charge in [0, 0.05) is 17.7 Å². The maximum Gasteiger partial charge on any atom is 0.277 e. The van der Waals surface area contributed by atoms with Gasteiger partial charge in [-0.3, -0.25) is 14.9 Å². The van der Waals surface area contributed by atoms with Crippen LogP contribution >= 0.6 is 11.8 Å². The quantitative estimate of drug-likeness (QED) is 0.443. The number of amides is 1. The van der Waals surface area contributed by atoms with Crippen LogP contribution in [-0.2, 0) is 4.79 Å². The zero-order valence-electron chi connectivity index (χ0n) is 14.4. The SMILES string of the molecule is CC(C)[C@](C)(C#N)NC(=O)CSc1nnc(-c2cccc([N+](=O)[O-])c2)o1. The molecule has 0 saturated carbocycles. The highest BCUT2D eigenvalue weighted by molar-refractivity contribution is 7.99. The van der Waals surface area contributed by atoms with E-state index in [0.29, 0.717) is 5.56 Å². The predicted molar refractivity (Wildman–Crippen MR) is 94.1 cm³/mol. The van der Waals surface area contributed by atoms with E-state index >= 15 is 0 Å². The second-order valence-corrected chi connectivity index (χ2v) is 6.91. The minimum Gasteiger partial charge on any atom is -0.411 e. The Labute approximate surface area is 153 Å². The lowest BCUT2D eigenvalue weighted by Crippen LogP contribution is -2.49. The third-order valence-electron chi connectivity index (χ3n) is 3.82. The minimum atomic E-state index is -0.958. The lowest BCUT2D eigenvalue weighted by molar-refractivity contribution is -0.384. The number of hydrogen-bond acceptors (Lipinski definition) is 8. The van der Waals surface area contributed by atoms with Crippen LogP contribution in [0.1, 0.15) is 20.8 Å². The summed E-state index contributed by atoms with van der Waals surface area (Å²) < 4.78 is 5.43. The van der Waals surface area contributed by atoms with Gasteiger partial charge in [-0.2, -0.15) is 5.26 Å². The molecule has 26 heavy (non-hydrogen) atoms. The molecule has 0 aliphatic heterocycles. The summed E-state index contributed by atoms with van der Waals surface area (Å²) in [5.41, 5.74) is -0.626. The molecule has 136 valence electrons. The molecule has 0 unspecified atom stereocenters. The van der Waals surface area contributed by atoms with E-state index in [2.05, 4.69) is 21.6 Å². The van der Waals surface area contributed by atoms with E-state index in [1.807, 2.05) is 13.8 Å². The van der Waals surface area contributed by atoms with Crippen LogP contribution in [0, 0.1) is 27.4 Å². The van der Waals surface area contributed by atoms with Gasteiger partial charge in [-0.1, -0.05) is 31.7 Å². The third-order valence-corrected chi connectivity index (χ3v) is 4.64. The first-order valence-electron chi connectivity index (χ1n) is 7.68. The van der Waals surface area contributed by atoms with Gasteiger partial charge in [0.15, 0.2) is 0 Å². The number of carbonyl (C=O) groups excluding carboxylic acids is 1. The molecule has 1 amide bonds. The fraction of sp³-hybridized carbons (Fsp3) is 0.375. The maximum atomic E-state index is 12.0. The normalized spacial score (nSPS) is 13.0. The molecule has 10 heteroatoms. The molecular weight excluding hydrogens is 358 g/mol. The molecule has 0 saturated heterocycles.